The van der Waals surface area contributed by atoms with Crippen LogP contribution >= 0.6 is 0 Å². The highest BCUT2D eigenvalue weighted by atomic mass is 16.4. The van der Waals surface area contributed by atoms with Gasteiger partial charge in [0.15, 0.2) is 6.04 Å². The maximum Gasteiger partial charge on any atom is 0.329 e. The Bertz CT molecular complexity index is 331. The first-order valence-electron chi connectivity index (χ1n) is 5.43. The molecule has 2 atom stereocenters. The third-order valence-corrected chi connectivity index (χ3v) is 2.45. The number of carbonyl (C=O) groups is 3. The lowest BCUT2D eigenvalue weighted by Crippen LogP contribution is -2.58. The summed E-state index contributed by atoms with van der Waals surface area (Å²) in [5, 5.41) is 17.8. The van der Waals surface area contributed by atoms with Crippen LogP contribution in [0.25, 0.3) is 0 Å². The summed E-state index contributed by atoms with van der Waals surface area (Å²) in [6, 6.07) is -2.70. The standard InChI is InChI=1S/C10H19N3O5/c1-5(2)8(12)9(16)13(7(15)3-11)6(4-14)10(17)18/h5-6,8,14H,3-4,11-12H2,1-2H3,(H,17,18). The van der Waals surface area contributed by atoms with E-state index in [-0.39, 0.29) is 5.92 Å². The molecule has 0 rings (SSSR count). The second-order valence-electron chi connectivity index (χ2n) is 4.11. The maximum absolute atomic E-state index is 11.9. The average Bonchev–Trinajstić information content (AvgIpc) is 2.32. The van der Waals surface area contributed by atoms with Gasteiger partial charge in [-0.05, 0) is 5.92 Å². The average molecular weight is 261 g/mol. The van der Waals surface area contributed by atoms with Crippen LogP contribution < -0.4 is 11.5 Å². The molecule has 0 spiro atoms. The lowest BCUT2D eigenvalue weighted by Gasteiger charge is -2.29. The largest absolute Gasteiger partial charge is 0.480 e. The molecule has 0 aliphatic carbocycles. The fourth-order valence-corrected chi connectivity index (χ4v) is 1.26. The molecule has 0 aromatic rings. The number of hydrogen-bond donors (Lipinski definition) is 4. The first-order valence-corrected chi connectivity index (χ1v) is 5.43. The highest BCUT2D eigenvalue weighted by molar-refractivity contribution is 6.02. The summed E-state index contributed by atoms with van der Waals surface area (Å²) < 4.78 is 0. The summed E-state index contributed by atoms with van der Waals surface area (Å²) in [6.07, 6.45) is 0. The highest BCUT2D eigenvalue weighted by Crippen LogP contribution is 2.08. The van der Waals surface area contributed by atoms with Crippen LogP contribution in [0.2, 0.25) is 0 Å². The Morgan fingerprint density at radius 1 is 1.28 bits per heavy atom. The minimum atomic E-state index is -1.67. The maximum atomic E-state index is 11.9. The molecule has 2 amide bonds. The number of imide groups is 1. The number of amides is 2. The van der Waals surface area contributed by atoms with Crippen molar-refractivity contribution in [1.29, 1.82) is 0 Å². The molecule has 0 aliphatic heterocycles. The third-order valence-electron chi connectivity index (χ3n) is 2.45. The van der Waals surface area contributed by atoms with Gasteiger partial charge >= 0.3 is 5.97 Å². The number of aliphatic hydroxyl groups excluding tert-OH is 1. The van der Waals surface area contributed by atoms with E-state index in [2.05, 4.69) is 0 Å². The van der Waals surface area contributed by atoms with Crippen molar-refractivity contribution < 1.29 is 24.6 Å². The van der Waals surface area contributed by atoms with E-state index in [1.807, 2.05) is 0 Å². The van der Waals surface area contributed by atoms with E-state index in [1.54, 1.807) is 13.8 Å². The molecule has 6 N–H and O–H groups in total. The number of carboxylic acids is 1. The van der Waals surface area contributed by atoms with E-state index >= 15 is 0 Å². The van der Waals surface area contributed by atoms with Crippen molar-refractivity contribution in [2.45, 2.75) is 25.9 Å². The lowest BCUT2D eigenvalue weighted by atomic mass is 10.0. The van der Waals surface area contributed by atoms with Crippen molar-refractivity contribution in [2.24, 2.45) is 17.4 Å². The molecular weight excluding hydrogens is 242 g/mol. The highest BCUT2D eigenvalue weighted by Gasteiger charge is 2.36. The molecule has 104 valence electrons. The summed E-state index contributed by atoms with van der Waals surface area (Å²) in [4.78, 5) is 34.8. The number of nitrogens with two attached hydrogens (primary N) is 2. The number of carboxylic acid groups (broad SMARTS) is 1. The number of hydrogen-bond acceptors (Lipinski definition) is 6. The third kappa shape index (κ3) is 3.76. The van der Waals surface area contributed by atoms with Gasteiger partial charge in [0.05, 0.1) is 19.2 Å². The van der Waals surface area contributed by atoms with Crippen molar-refractivity contribution in [2.75, 3.05) is 13.2 Å². The Balaban J connectivity index is 5.29. The van der Waals surface area contributed by atoms with Crippen molar-refractivity contribution in [3.05, 3.63) is 0 Å². The molecule has 0 fully saturated rings. The molecular formula is C10H19N3O5. The summed E-state index contributed by atoms with van der Waals surface area (Å²) in [5.41, 5.74) is 10.7. The van der Waals surface area contributed by atoms with Crippen LogP contribution in [0.1, 0.15) is 13.8 Å². The molecule has 0 saturated carbocycles. The van der Waals surface area contributed by atoms with Crippen LogP contribution in [-0.2, 0) is 14.4 Å². The minimum Gasteiger partial charge on any atom is -0.480 e. The summed E-state index contributed by atoms with van der Waals surface area (Å²) >= 11 is 0. The van der Waals surface area contributed by atoms with Crippen molar-refractivity contribution in [1.82, 2.24) is 4.90 Å². The first-order chi connectivity index (χ1) is 8.27. The molecule has 2 unspecified atom stereocenters. The summed E-state index contributed by atoms with van der Waals surface area (Å²) in [6.45, 7) is 1.88. The van der Waals surface area contributed by atoms with Crippen LogP contribution in [0.15, 0.2) is 0 Å². The van der Waals surface area contributed by atoms with Gasteiger partial charge in [0, 0.05) is 0 Å². The molecule has 8 nitrogen and oxygen atoms in total. The number of aliphatic carboxylic acids is 1. The van der Waals surface area contributed by atoms with Gasteiger partial charge in [-0.2, -0.15) is 0 Å². The van der Waals surface area contributed by atoms with Gasteiger partial charge in [-0.3, -0.25) is 14.5 Å². The van der Waals surface area contributed by atoms with Crippen LogP contribution in [0, 0.1) is 5.92 Å². The predicted octanol–water partition coefficient (Wildman–Crippen LogP) is -2.27. The Hall–Kier alpha value is -1.51. The van der Waals surface area contributed by atoms with E-state index in [1.165, 1.54) is 0 Å². The zero-order chi connectivity index (χ0) is 14.5. The molecule has 8 heteroatoms. The van der Waals surface area contributed by atoms with Gasteiger partial charge in [0.2, 0.25) is 11.8 Å². The molecule has 0 aliphatic rings. The van der Waals surface area contributed by atoms with Crippen LogP contribution in [0.3, 0.4) is 0 Å². The van der Waals surface area contributed by atoms with Gasteiger partial charge in [-0.25, -0.2) is 4.79 Å². The number of nitrogens with zero attached hydrogens (tertiary/aromatic N) is 1. The fourth-order valence-electron chi connectivity index (χ4n) is 1.26. The molecule has 0 aromatic carbocycles. The molecule has 0 aromatic heterocycles. The van der Waals surface area contributed by atoms with E-state index in [9.17, 15) is 14.4 Å². The first kappa shape index (κ1) is 16.5. The molecule has 0 heterocycles. The molecule has 18 heavy (non-hydrogen) atoms. The van der Waals surface area contributed by atoms with Crippen LogP contribution in [0.5, 0.6) is 0 Å². The predicted molar refractivity (Wildman–Crippen MR) is 62.2 cm³/mol. The monoisotopic (exact) mass is 261 g/mol. The van der Waals surface area contributed by atoms with Crippen LogP contribution in [0.4, 0.5) is 0 Å². The van der Waals surface area contributed by atoms with Crippen molar-refractivity contribution in [3.63, 3.8) is 0 Å². The summed E-state index contributed by atoms with van der Waals surface area (Å²) in [7, 11) is 0. The zero-order valence-corrected chi connectivity index (χ0v) is 10.4. The minimum absolute atomic E-state index is 0.279. The van der Waals surface area contributed by atoms with Gasteiger partial charge < -0.3 is 21.7 Å². The number of aliphatic hydroxyl groups is 1. The van der Waals surface area contributed by atoms with Gasteiger partial charge in [0.25, 0.3) is 0 Å². The van der Waals surface area contributed by atoms with E-state index < -0.39 is 43.0 Å². The normalized spacial score (nSPS) is 14.1. The lowest BCUT2D eigenvalue weighted by molar-refractivity contribution is -0.160. The quantitative estimate of drug-likeness (QED) is 0.421. The molecule has 0 bridgehead atoms. The van der Waals surface area contributed by atoms with E-state index in [0.29, 0.717) is 4.90 Å². The Morgan fingerprint density at radius 2 is 1.78 bits per heavy atom. The number of carbonyl (C=O) groups excluding carboxylic acids is 2. The van der Waals surface area contributed by atoms with Gasteiger partial charge in [-0.15, -0.1) is 0 Å². The Kier molecular flexibility index (Phi) is 6.45. The molecule has 0 radical (unpaired) electrons. The smallest absolute Gasteiger partial charge is 0.329 e. The Morgan fingerprint density at radius 3 is 2.06 bits per heavy atom. The number of rotatable bonds is 6. The van der Waals surface area contributed by atoms with E-state index in [4.69, 9.17) is 21.7 Å². The second-order valence-corrected chi connectivity index (χ2v) is 4.11. The van der Waals surface area contributed by atoms with Crippen molar-refractivity contribution >= 4 is 17.8 Å². The zero-order valence-electron chi connectivity index (χ0n) is 10.4. The van der Waals surface area contributed by atoms with E-state index in [0.717, 1.165) is 0 Å². The summed E-state index contributed by atoms with van der Waals surface area (Å²) in [5.74, 6) is -3.53. The SMILES string of the molecule is CC(C)C(N)C(=O)N(C(=O)CN)C(CO)C(=O)O. The second kappa shape index (κ2) is 7.04. The van der Waals surface area contributed by atoms with Crippen LogP contribution in [-0.4, -0.2) is 58.1 Å². The van der Waals surface area contributed by atoms with Gasteiger partial charge in [-0.1, -0.05) is 13.8 Å². The Labute approximate surface area is 105 Å². The topological polar surface area (TPSA) is 147 Å². The van der Waals surface area contributed by atoms with Crippen molar-refractivity contribution in [3.8, 4) is 0 Å². The van der Waals surface area contributed by atoms with Gasteiger partial charge in [0.1, 0.15) is 0 Å². The fraction of sp³-hybridized carbons (Fsp3) is 0.700. The molecule has 0 saturated heterocycles.